The quantitative estimate of drug-likeness (QED) is 0.192. The normalized spacial score (nSPS) is 14.1. The van der Waals surface area contributed by atoms with E-state index in [0.29, 0.717) is 24.3 Å². The number of nitrogen functional groups attached to an aromatic ring is 1. The molecule has 5 N–H and O–H groups in total. The van der Waals surface area contributed by atoms with Crippen LogP contribution in [0.3, 0.4) is 0 Å². The van der Waals surface area contributed by atoms with Crippen molar-refractivity contribution in [3.05, 3.63) is 41.2 Å². The predicted molar refractivity (Wildman–Crippen MR) is 131 cm³/mol. The number of hydrogen-bond acceptors (Lipinski definition) is 8. The third kappa shape index (κ3) is 6.14. The van der Waals surface area contributed by atoms with Gasteiger partial charge in [-0.3, -0.25) is 15.5 Å². The summed E-state index contributed by atoms with van der Waals surface area (Å²) in [5, 5.41) is 6.03. The molecule has 10 nitrogen and oxygen atoms in total. The molecule has 0 unspecified atom stereocenters. The first-order valence-electron chi connectivity index (χ1n) is 11.2. The Balaban J connectivity index is 1.85. The van der Waals surface area contributed by atoms with Crippen molar-refractivity contribution in [3.8, 4) is 27.6 Å². The zero-order valence-corrected chi connectivity index (χ0v) is 20.7. The first kappa shape index (κ1) is 26.3. The smallest absolute Gasteiger partial charge is 0.434 e. The molecule has 1 saturated carbocycles. The number of amides is 3. The number of carbonyl (C=O) groups excluding carboxylic acids is 2. The van der Waals surface area contributed by atoms with Crippen LogP contribution in [0.4, 0.5) is 23.8 Å². The van der Waals surface area contributed by atoms with E-state index in [9.17, 15) is 22.8 Å². The lowest BCUT2D eigenvalue weighted by atomic mass is 10.0. The van der Waals surface area contributed by atoms with Gasteiger partial charge in [-0.15, -0.1) is 11.3 Å². The molecule has 1 fully saturated rings. The van der Waals surface area contributed by atoms with E-state index in [1.165, 1.54) is 24.5 Å². The van der Waals surface area contributed by atoms with Crippen molar-refractivity contribution in [1.29, 1.82) is 0 Å². The molecule has 14 heteroatoms. The number of ether oxygens (including phenoxy) is 1. The van der Waals surface area contributed by atoms with Crippen molar-refractivity contribution in [2.75, 3.05) is 18.5 Å². The summed E-state index contributed by atoms with van der Waals surface area (Å²) in [7, 11) is 0. The average molecular weight is 536 g/mol. The molecule has 3 heterocycles. The first-order chi connectivity index (χ1) is 17.5. The van der Waals surface area contributed by atoms with Gasteiger partial charge in [0.1, 0.15) is 10.8 Å². The van der Waals surface area contributed by atoms with Crippen LogP contribution in [0.1, 0.15) is 42.7 Å². The minimum atomic E-state index is -4.64. The van der Waals surface area contributed by atoms with E-state index in [0.717, 1.165) is 29.6 Å². The van der Waals surface area contributed by atoms with Crippen molar-refractivity contribution >= 4 is 29.1 Å². The number of urea groups is 1. The lowest BCUT2D eigenvalue weighted by Gasteiger charge is -2.17. The van der Waals surface area contributed by atoms with E-state index >= 15 is 0 Å². The number of halogens is 3. The maximum absolute atomic E-state index is 13.3. The van der Waals surface area contributed by atoms with Gasteiger partial charge in [0.2, 0.25) is 5.88 Å². The topological polar surface area (TPSA) is 144 Å². The minimum Gasteiger partial charge on any atom is -0.477 e. The highest BCUT2D eigenvalue weighted by molar-refractivity contribution is 7.13. The molecular weight excluding hydrogens is 511 g/mol. The van der Waals surface area contributed by atoms with Gasteiger partial charge in [0.15, 0.2) is 5.69 Å². The number of alkyl halides is 3. The highest BCUT2D eigenvalue weighted by Crippen LogP contribution is 2.46. The number of nitrogens with zero attached hydrogens (tertiary/aromatic N) is 3. The molecule has 0 aliphatic heterocycles. The molecule has 4 rings (SSSR count). The number of nitrogens with two attached hydrogens (primary N) is 1. The van der Waals surface area contributed by atoms with Gasteiger partial charge < -0.3 is 10.1 Å². The van der Waals surface area contributed by atoms with E-state index in [1.54, 1.807) is 6.92 Å². The third-order valence-electron chi connectivity index (χ3n) is 5.70. The first-order valence-corrected chi connectivity index (χ1v) is 12.1. The van der Waals surface area contributed by atoms with Gasteiger partial charge in [0.05, 0.1) is 12.2 Å². The lowest BCUT2D eigenvalue weighted by molar-refractivity contribution is -0.140. The Morgan fingerprint density at radius 3 is 2.54 bits per heavy atom. The van der Waals surface area contributed by atoms with Gasteiger partial charge in [0.25, 0.3) is 5.91 Å². The summed E-state index contributed by atoms with van der Waals surface area (Å²) in [5.74, 6) is 4.92. The van der Waals surface area contributed by atoms with Crippen LogP contribution in [0.5, 0.6) is 5.88 Å². The molecule has 0 radical (unpaired) electrons. The van der Waals surface area contributed by atoms with Crippen LogP contribution in [0.2, 0.25) is 0 Å². The molecule has 3 aromatic heterocycles. The summed E-state index contributed by atoms with van der Waals surface area (Å²) in [4.78, 5) is 36.6. The predicted octanol–water partition coefficient (Wildman–Crippen LogP) is 4.21. The van der Waals surface area contributed by atoms with Gasteiger partial charge in [-0.2, -0.15) is 13.2 Å². The van der Waals surface area contributed by atoms with E-state index in [-0.39, 0.29) is 33.2 Å². The van der Waals surface area contributed by atoms with E-state index < -0.39 is 23.8 Å². The minimum absolute atomic E-state index is 0.00463. The zero-order valence-electron chi connectivity index (χ0n) is 19.9. The Labute approximate surface area is 213 Å². The highest BCUT2D eigenvalue weighted by atomic mass is 32.1. The molecule has 1 aliphatic carbocycles. The highest BCUT2D eigenvalue weighted by Gasteiger charge is 2.38. The van der Waals surface area contributed by atoms with E-state index in [2.05, 4.69) is 32.5 Å². The lowest BCUT2D eigenvalue weighted by Crippen LogP contribution is -2.30. The summed E-state index contributed by atoms with van der Waals surface area (Å²) in [5.41, 5.74) is 1.93. The van der Waals surface area contributed by atoms with Gasteiger partial charge in [-0.05, 0) is 31.9 Å². The molecule has 3 aromatic rings. The van der Waals surface area contributed by atoms with Gasteiger partial charge in [-0.1, -0.05) is 6.92 Å². The Kier molecular flexibility index (Phi) is 7.32. The second-order valence-electron chi connectivity index (χ2n) is 8.78. The fraction of sp³-hybridized carbons (Fsp3) is 0.348. The van der Waals surface area contributed by atoms with Gasteiger partial charge in [0, 0.05) is 46.4 Å². The van der Waals surface area contributed by atoms with Crippen molar-refractivity contribution < 1.29 is 27.5 Å². The Morgan fingerprint density at radius 1 is 1.16 bits per heavy atom. The summed E-state index contributed by atoms with van der Waals surface area (Å²) in [6, 6.07) is 2.34. The van der Waals surface area contributed by atoms with E-state index in [1.807, 2.05) is 5.43 Å². The third-order valence-corrected chi connectivity index (χ3v) is 6.58. The fourth-order valence-electron chi connectivity index (χ4n) is 3.33. The number of aromatic nitrogens is 3. The SMILES string of the molecule is CCNC(=O)Nc1cc(-c2nc(C(F)(F)F)cs2)c(-c2cc(C(=O)NN)cnc2OCC2(C)CC2)cn1. The number of thiazole rings is 1. The molecular formula is C23H24F3N7O3S. The largest absolute Gasteiger partial charge is 0.477 e. The van der Waals surface area contributed by atoms with E-state index in [4.69, 9.17) is 10.6 Å². The molecule has 0 spiro atoms. The number of rotatable bonds is 8. The molecule has 3 amide bonds. The number of nitrogens with one attached hydrogen (secondary N) is 3. The van der Waals surface area contributed by atoms with Crippen LogP contribution in [0, 0.1) is 5.41 Å². The molecule has 0 atom stereocenters. The zero-order chi connectivity index (χ0) is 26.8. The maximum Gasteiger partial charge on any atom is 0.434 e. The van der Waals surface area contributed by atoms with Crippen LogP contribution in [0.25, 0.3) is 21.7 Å². The summed E-state index contributed by atoms with van der Waals surface area (Å²) < 4.78 is 45.9. The maximum atomic E-state index is 13.3. The molecule has 0 aromatic carbocycles. The fourth-order valence-corrected chi connectivity index (χ4v) is 4.19. The summed E-state index contributed by atoms with van der Waals surface area (Å²) in [6.45, 7) is 4.52. The van der Waals surface area contributed by atoms with Crippen molar-refractivity contribution in [3.63, 3.8) is 0 Å². The second-order valence-corrected chi connectivity index (χ2v) is 9.64. The second kappa shape index (κ2) is 10.3. The molecule has 37 heavy (non-hydrogen) atoms. The van der Waals surface area contributed by atoms with Gasteiger partial charge >= 0.3 is 12.2 Å². The summed E-state index contributed by atoms with van der Waals surface area (Å²) in [6.07, 6.45) is -0.0126. The molecule has 0 bridgehead atoms. The Morgan fingerprint density at radius 2 is 1.92 bits per heavy atom. The van der Waals surface area contributed by atoms with Crippen LogP contribution < -0.4 is 26.6 Å². The number of hydrogen-bond donors (Lipinski definition) is 4. The number of hydrazine groups is 1. The Bertz CT molecular complexity index is 1330. The van der Waals surface area contributed by atoms with Crippen LogP contribution in [0.15, 0.2) is 29.9 Å². The van der Waals surface area contributed by atoms with Crippen LogP contribution in [-0.2, 0) is 6.18 Å². The molecule has 0 saturated heterocycles. The standard InChI is InChI=1S/C23H24F3N7O3S/c1-3-28-21(35)32-17-7-14(20-31-16(10-37-20)23(24,25)26)15(9-29-17)13-6-12(18(34)33-27)8-30-19(13)36-11-22(2)4-5-22/h6-10H,3-5,11,27H2,1-2H3,(H,33,34)(H2,28,29,32,35). The number of anilines is 1. The molecule has 196 valence electrons. The monoisotopic (exact) mass is 535 g/mol. The van der Waals surface area contributed by atoms with Crippen LogP contribution >= 0.6 is 11.3 Å². The van der Waals surface area contributed by atoms with Crippen molar-refractivity contribution in [1.82, 2.24) is 25.7 Å². The number of pyridine rings is 2. The Hall–Kier alpha value is -3.78. The van der Waals surface area contributed by atoms with Crippen LogP contribution in [-0.4, -0.2) is 40.0 Å². The van der Waals surface area contributed by atoms with Crippen molar-refractivity contribution in [2.24, 2.45) is 11.3 Å². The van der Waals surface area contributed by atoms with Crippen molar-refractivity contribution in [2.45, 2.75) is 32.9 Å². The van der Waals surface area contributed by atoms with Gasteiger partial charge in [-0.25, -0.2) is 25.6 Å². The molecule has 1 aliphatic rings. The average Bonchev–Trinajstić information content (AvgIpc) is 3.37. The summed E-state index contributed by atoms with van der Waals surface area (Å²) >= 11 is 0.777. The number of carbonyl (C=O) groups is 2.